The number of hydrogen-bond acceptors (Lipinski definition) is 14. The van der Waals surface area contributed by atoms with Crippen LogP contribution in [-0.4, -0.2) is 145 Å². The van der Waals surface area contributed by atoms with Gasteiger partial charge in [0.1, 0.15) is 54.9 Å². The van der Waals surface area contributed by atoms with Crippen LogP contribution in [0.4, 0.5) is 0 Å². The van der Waals surface area contributed by atoms with Crippen LogP contribution < -0.4 is 0 Å². The van der Waals surface area contributed by atoms with Crippen LogP contribution >= 0.6 is 0 Å². The topological polar surface area (TPSA) is 228 Å². The normalized spacial score (nSPS) is 52.7. The number of aliphatic hydroxyl groups excluding tert-OH is 9. The van der Waals surface area contributed by atoms with Crippen LogP contribution in [0.2, 0.25) is 0 Å². The highest BCUT2D eigenvalue weighted by molar-refractivity contribution is 4.95. The molecular formula is C18H32O14. The first-order valence-electron chi connectivity index (χ1n) is 10.3. The van der Waals surface area contributed by atoms with Crippen LogP contribution in [0.1, 0.15) is 13.3 Å². The molecule has 0 radical (unpaired) electrons. The van der Waals surface area contributed by atoms with E-state index in [4.69, 9.17) is 23.7 Å². The standard InChI is InChI=1S/C18H32O14/c1-5-2-6(21)9(22)17(28-5)31-15-8(4-20)30-18(13(26)11(15)24)32-14-7(3-19)29-16(27)12(25)10(14)23/h5-27H,2-4H2,1H3/t5-,6+,7-,8-,9-,10-,11-,12-,13-,14+,15-,16-,17-,18-/m1/s1. The van der Waals surface area contributed by atoms with Gasteiger partial charge in [0.15, 0.2) is 18.9 Å². The molecule has 3 aliphatic rings. The Labute approximate surface area is 183 Å². The summed E-state index contributed by atoms with van der Waals surface area (Å²) in [6, 6.07) is 0. The van der Waals surface area contributed by atoms with E-state index in [2.05, 4.69) is 0 Å². The number of rotatable bonds is 6. The molecule has 0 amide bonds. The van der Waals surface area contributed by atoms with Gasteiger partial charge in [0, 0.05) is 6.42 Å². The molecule has 3 aliphatic heterocycles. The van der Waals surface area contributed by atoms with Crippen molar-refractivity contribution < 1.29 is 69.6 Å². The number of hydrogen-bond donors (Lipinski definition) is 9. The lowest BCUT2D eigenvalue weighted by Crippen LogP contribution is -2.65. The van der Waals surface area contributed by atoms with Gasteiger partial charge in [-0.3, -0.25) is 0 Å². The molecule has 0 bridgehead atoms. The van der Waals surface area contributed by atoms with E-state index in [9.17, 15) is 46.0 Å². The number of ether oxygens (including phenoxy) is 5. The van der Waals surface area contributed by atoms with Gasteiger partial charge in [-0.25, -0.2) is 0 Å². The van der Waals surface area contributed by atoms with Crippen molar-refractivity contribution in [2.75, 3.05) is 13.2 Å². The van der Waals surface area contributed by atoms with Gasteiger partial charge in [0.25, 0.3) is 0 Å². The fourth-order valence-corrected chi connectivity index (χ4v) is 4.02. The molecule has 14 nitrogen and oxygen atoms in total. The molecule has 0 aromatic heterocycles. The second-order valence-electron chi connectivity index (χ2n) is 8.25. The SMILES string of the molecule is C[C@@H]1C[C@H](O)[C@@H](O)[C@@H](O[C@H]2[C@H](O)[C@@H](O)[C@@H](O[C@@H]3[C@H](O)[C@@H](O)[C@H](O)O[C@@H]3CO)O[C@@H]2CO)O1. The number of aliphatic hydroxyl groups is 9. The summed E-state index contributed by atoms with van der Waals surface area (Å²) in [4.78, 5) is 0. The summed E-state index contributed by atoms with van der Waals surface area (Å²) >= 11 is 0. The molecule has 32 heavy (non-hydrogen) atoms. The summed E-state index contributed by atoms with van der Waals surface area (Å²) in [5, 5.41) is 89.9. The lowest BCUT2D eigenvalue weighted by Gasteiger charge is -2.47. The van der Waals surface area contributed by atoms with Crippen LogP contribution in [0.25, 0.3) is 0 Å². The van der Waals surface area contributed by atoms with Gasteiger partial charge in [-0.15, -0.1) is 0 Å². The average Bonchev–Trinajstić information content (AvgIpc) is 2.76. The van der Waals surface area contributed by atoms with Crippen LogP contribution in [-0.2, 0) is 23.7 Å². The van der Waals surface area contributed by atoms with Crippen molar-refractivity contribution in [3.63, 3.8) is 0 Å². The summed E-state index contributed by atoms with van der Waals surface area (Å²) in [6.45, 7) is 0.204. The third-order valence-electron chi connectivity index (χ3n) is 5.86. The maximum atomic E-state index is 10.6. The van der Waals surface area contributed by atoms with Crippen molar-refractivity contribution in [3.05, 3.63) is 0 Å². The molecule has 3 fully saturated rings. The summed E-state index contributed by atoms with van der Waals surface area (Å²) in [5.41, 5.74) is 0. The van der Waals surface area contributed by atoms with E-state index in [-0.39, 0.29) is 6.42 Å². The summed E-state index contributed by atoms with van der Waals surface area (Å²) in [7, 11) is 0. The van der Waals surface area contributed by atoms with Gasteiger partial charge in [0.05, 0.1) is 25.4 Å². The molecule has 0 aliphatic carbocycles. The molecule has 0 aromatic carbocycles. The maximum absolute atomic E-state index is 10.6. The third-order valence-corrected chi connectivity index (χ3v) is 5.86. The first-order valence-corrected chi connectivity index (χ1v) is 10.3. The van der Waals surface area contributed by atoms with Gasteiger partial charge in [-0.1, -0.05) is 0 Å². The Morgan fingerprint density at radius 3 is 1.72 bits per heavy atom. The van der Waals surface area contributed by atoms with E-state index >= 15 is 0 Å². The Kier molecular flexibility index (Phi) is 8.79. The van der Waals surface area contributed by atoms with Crippen molar-refractivity contribution in [3.8, 4) is 0 Å². The summed E-state index contributed by atoms with van der Waals surface area (Å²) in [6.07, 6.45) is -20.3. The molecule has 14 atom stereocenters. The zero-order valence-electron chi connectivity index (χ0n) is 17.3. The molecule has 3 heterocycles. The predicted octanol–water partition coefficient (Wildman–Crippen LogP) is -5.52. The molecule has 3 saturated heterocycles. The zero-order chi connectivity index (χ0) is 23.7. The second kappa shape index (κ2) is 10.8. The zero-order valence-corrected chi connectivity index (χ0v) is 17.3. The Morgan fingerprint density at radius 2 is 1.16 bits per heavy atom. The second-order valence-corrected chi connectivity index (χ2v) is 8.25. The highest BCUT2D eigenvalue weighted by Crippen LogP contribution is 2.31. The summed E-state index contributed by atoms with van der Waals surface area (Å²) < 4.78 is 26.9. The Bertz CT molecular complexity index is 592. The van der Waals surface area contributed by atoms with E-state index in [1.807, 2.05) is 0 Å². The van der Waals surface area contributed by atoms with Crippen LogP contribution in [0.3, 0.4) is 0 Å². The Balaban J connectivity index is 1.71. The first-order chi connectivity index (χ1) is 15.1. The minimum Gasteiger partial charge on any atom is -0.394 e. The molecule has 0 aromatic rings. The highest BCUT2D eigenvalue weighted by atomic mass is 16.7. The first kappa shape index (κ1) is 26.1. The van der Waals surface area contributed by atoms with Crippen molar-refractivity contribution in [2.24, 2.45) is 0 Å². The molecule has 3 rings (SSSR count). The van der Waals surface area contributed by atoms with Crippen molar-refractivity contribution in [1.29, 1.82) is 0 Å². The van der Waals surface area contributed by atoms with Gasteiger partial charge in [-0.05, 0) is 6.92 Å². The molecule has 0 spiro atoms. The average molecular weight is 472 g/mol. The van der Waals surface area contributed by atoms with E-state index in [0.29, 0.717) is 0 Å². The molecule has 0 unspecified atom stereocenters. The van der Waals surface area contributed by atoms with Crippen LogP contribution in [0.5, 0.6) is 0 Å². The van der Waals surface area contributed by atoms with Gasteiger partial charge in [-0.2, -0.15) is 0 Å². The molecular weight excluding hydrogens is 440 g/mol. The van der Waals surface area contributed by atoms with E-state index in [1.54, 1.807) is 6.92 Å². The fourth-order valence-electron chi connectivity index (χ4n) is 4.02. The van der Waals surface area contributed by atoms with Crippen molar-refractivity contribution in [1.82, 2.24) is 0 Å². The fraction of sp³-hybridized carbons (Fsp3) is 1.00. The monoisotopic (exact) mass is 472 g/mol. The van der Waals surface area contributed by atoms with E-state index < -0.39 is 99.2 Å². The Morgan fingerprint density at radius 1 is 0.656 bits per heavy atom. The lowest BCUT2D eigenvalue weighted by molar-refractivity contribution is -0.372. The highest BCUT2D eigenvalue weighted by Gasteiger charge is 2.52. The predicted molar refractivity (Wildman–Crippen MR) is 98.5 cm³/mol. The Hall–Kier alpha value is -0.560. The quantitative estimate of drug-likeness (QED) is 0.176. The molecule has 188 valence electrons. The smallest absolute Gasteiger partial charge is 0.187 e. The molecule has 9 N–H and O–H groups in total. The minimum atomic E-state index is -1.80. The lowest BCUT2D eigenvalue weighted by atomic mass is 9.96. The van der Waals surface area contributed by atoms with Crippen molar-refractivity contribution >= 4 is 0 Å². The van der Waals surface area contributed by atoms with Crippen LogP contribution in [0, 0.1) is 0 Å². The van der Waals surface area contributed by atoms with Crippen molar-refractivity contribution in [2.45, 2.75) is 99.4 Å². The van der Waals surface area contributed by atoms with Crippen LogP contribution in [0.15, 0.2) is 0 Å². The third kappa shape index (κ3) is 5.24. The minimum absolute atomic E-state index is 0.158. The molecule has 0 saturated carbocycles. The van der Waals surface area contributed by atoms with E-state index in [0.717, 1.165) is 0 Å². The largest absolute Gasteiger partial charge is 0.394 e. The summed E-state index contributed by atoms with van der Waals surface area (Å²) in [5.74, 6) is 0. The maximum Gasteiger partial charge on any atom is 0.187 e. The van der Waals surface area contributed by atoms with Gasteiger partial charge in [0.2, 0.25) is 0 Å². The molecule has 14 heteroatoms. The van der Waals surface area contributed by atoms with Gasteiger partial charge >= 0.3 is 0 Å². The van der Waals surface area contributed by atoms with E-state index in [1.165, 1.54) is 0 Å². The van der Waals surface area contributed by atoms with Gasteiger partial charge < -0.3 is 69.6 Å².